The van der Waals surface area contributed by atoms with Crippen molar-refractivity contribution in [2.45, 2.75) is 0 Å². The SMILES string of the molecule is c1ccc(-c2cccc(-c3cccc(-c4ccc5c(c4)c4cc(-c6cccc(-c7cccc(-c8ccccc8)c7)c6)cc6c7ccccc7n5c64)c3)c2)cc1. The van der Waals surface area contributed by atoms with E-state index in [4.69, 9.17) is 0 Å². The molecule has 0 spiro atoms. The first-order valence-corrected chi connectivity index (χ1v) is 19.0. The number of hydrogen-bond acceptors (Lipinski definition) is 0. The molecule has 2 heterocycles. The monoisotopic (exact) mass is 697 g/mol. The third-order valence-electron chi connectivity index (χ3n) is 11.3. The van der Waals surface area contributed by atoms with Gasteiger partial charge >= 0.3 is 0 Å². The van der Waals surface area contributed by atoms with E-state index < -0.39 is 0 Å². The van der Waals surface area contributed by atoms with Crippen molar-refractivity contribution in [1.29, 1.82) is 0 Å². The molecular formula is C54H35N. The highest BCUT2D eigenvalue weighted by molar-refractivity contribution is 6.24. The van der Waals surface area contributed by atoms with Crippen LogP contribution in [0.5, 0.6) is 0 Å². The lowest BCUT2D eigenvalue weighted by molar-refractivity contribution is 1.37. The summed E-state index contributed by atoms with van der Waals surface area (Å²) in [6.45, 7) is 0. The van der Waals surface area contributed by atoms with Crippen LogP contribution in [-0.2, 0) is 0 Å². The number of aromatic nitrogens is 1. The topological polar surface area (TPSA) is 4.41 Å². The summed E-state index contributed by atoms with van der Waals surface area (Å²) < 4.78 is 2.47. The van der Waals surface area contributed by atoms with Crippen LogP contribution in [0.1, 0.15) is 0 Å². The molecule has 0 atom stereocenters. The molecule has 0 saturated heterocycles. The summed E-state index contributed by atoms with van der Waals surface area (Å²) in [5, 5.41) is 5.13. The van der Waals surface area contributed by atoms with Crippen LogP contribution in [0.2, 0.25) is 0 Å². The maximum absolute atomic E-state index is 2.47. The fraction of sp³-hybridized carbons (Fsp3) is 0. The van der Waals surface area contributed by atoms with Crippen molar-refractivity contribution in [3.8, 4) is 66.8 Å². The van der Waals surface area contributed by atoms with E-state index in [0.29, 0.717) is 0 Å². The molecule has 11 aromatic rings. The minimum Gasteiger partial charge on any atom is -0.308 e. The molecular weight excluding hydrogens is 663 g/mol. The van der Waals surface area contributed by atoms with E-state index in [1.54, 1.807) is 0 Å². The van der Waals surface area contributed by atoms with Crippen molar-refractivity contribution in [2.75, 3.05) is 0 Å². The van der Waals surface area contributed by atoms with Crippen LogP contribution in [-0.4, -0.2) is 4.40 Å². The second-order valence-corrected chi connectivity index (χ2v) is 14.6. The Morgan fingerprint density at radius 3 is 1.05 bits per heavy atom. The third-order valence-corrected chi connectivity index (χ3v) is 11.3. The van der Waals surface area contributed by atoms with Crippen LogP contribution in [0.15, 0.2) is 212 Å². The lowest BCUT2D eigenvalue weighted by atomic mass is 9.94. The highest BCUT2D eigenvalue weighted by atomic mass is 14.9. The minimum atomic E-state index is 1.21. The zero-order valence-corrected chi connectivity index (χ0v) is 30.2. The van der Waals surface area contributed by atoms with Gasteiger partial charge in [-0.2, -0.15) is 0 Å². The van der Waals surface area contributed by atoms with Gasteiger partial charge in [0, 0.05) is 21.5 Å². The van der Waals surface area contributed by atoms with Crippen LogP contribution >= 0.6 is 0 Å². The average Bonchev–Trinajstić information content (AvgIpc) is 3.79. The van der Waals surface area contributed by atoms with Crippen LogP contribution in [0.4, 0.5) is 0 Å². The molecule has 0 amide bonds. The molecule has 9 aromatic carbocycles. The normalized spacial score (nSPS) is 11.6. The number of nitrogens with zero attached hydrogens (tertiary/aromatic N) is 1. The number of hydrogen-bond donors (Lipinski definition) is 0. The molecule has 1 nitrogen and oxygen atoms in total. The first-order chi connectivity index (χ1) is 27.2. The predicted molar refractivity (Wildman–Crippen MR) is 234 cm³/mol. The van der Waals surface area contributed by atoms with Gasteiger partial charge < -0.3 is 4.40 Å². The predicted octanol–water partition coefficient (Wildman–Crippen LogP) is 14.8. The Morgan fingerprint density at radius 1 is 0.200 bits per heavy atom. The van der Waals surface area contributed by atoms with Crippen molar-refractivity contribution in [1.82, 2.24) is 4.40 Å². The molecule has 0 aliphatic heterocycles. The minimum absolute atomic E-state index is 1.21. The standard InChI is InChI=1S/C54H35N/c1-3-13-36(14-4-1)38-17-9-19-40(29-38)42-21-11-23-44(31-42)46-27-28-53-49(33-46)51-35-47(34-50-48-25-7-8-26-52(48)55(53)54(50)51)45-24-12-22-43(32-45)41-20-10-18-39(30-41)37-15-5-2-6-16-37/h1-35H. The van der Waals surface area contributed by atoms with Crippen molar-refractivity contribution in [2.24, 2.45) is 0 Å². The van der Waals surface area contributed by atoms with Gasteiger partial charge in [-0.3, -0.25) is 0 Å². The van der Waals surface area contributed by atoms with E-state index in [-0.39, 0.29) is 0 Å². The Hall–Kier alpha value is -7.22. The Kier molecular flexibility index (Phi) is 7.25. The molecule has 0 unspecified atom stereocenters. The quantitative estimate of drug-likeness (QED) is 0.163. The van der Waals surface area contributed by atoms with E-state index >= 15 is 0 Å². The van der Waals surface area contributed by atoms with Gasteiger partial charge in [0.25, 0.3) is 0 Å². The maximum atomic E-state index is 2.47. The van der Waals surface area contributed by atoms with Gasteiger partial charge in [-0.1, -0.05) is 158 Å². The molecule has 0 N–H and O–H groups in total. The average molecular weight is 698 g/mol. The van der Waals surface area contributed by atoms with Gasteiger partial charge in [0.05, 0.1) is 16.6 Å². The second kappa shape index (κ2) is 12.7. The first kappa shape index (κ1) is 31.3. The molecule has 1 heteroatoms. The Bertz CT molecular complexity index is 3190. The summed E-state index contributed by atoms with van der Waals surface area (Å²) in [5.41, 5.74) is 18.4. The Balaban J connectivity index is 1.05. The third kappa shape index (κ3) is 5.32. The smallest absolute Gasteiger partial charge is 0.0620 e. The summed E-state index contributed by atoms with van der Waals surface area (Å²) in [4.78, 5) is 0. The van der Waals surface area contributed by atoms with E-state index in [1.165, 1.54) is 105 Å². The van der Waals surface area contributed by atoms with Gasteiger partial charge in [-0.05, 0) is 121 Å². The van der Waals surface area contributed by atoms with Crippen molar-refractivity contribution >= 4 is 38.1 Å². The lowest BCUT2D eigenvalue weighted by Crippen LogP contribution is -1.85. The molecule has 256 valence electrons. The van der Waals surface area contributed by atoms with Gasteiger partial charge in [-0.25, -0.2) is 0 Å². The number of para-hydroxylation sites is 1. The van der Waals surface area contributed by atoms with E-state index in [0.717, 1.165) is 0 Å². The van der Waals surface area contributed by atoms with Crippen molar-refractivity contribution in [3.05, 3.63) is 212 Å². The number of benzene rings is 9. The van der Waals surface area contributed by atoms with Gasteiger partial charge in [0.2, 0.25) is 0 Å². The summed E-state index contributed by atoms with van der Waals surface area (Å²) in [7, 11) is 0. The van der Waals surface area contributed by atoms with E-state index in [1.807, 2.05) is 0 Å². The number of rotatable bonds is 6. The zero-order chi connectivity index (χ0) is 36.3. The molecule has 0 bridgehead atoms. The highest BCUT2D eigenvalue weighted by Gasteiger charge is 2.19. The van der Waals surface area contributed by atoms with Gasteiger partial charge in [0.1, 0.15) is 0 Å². The molecule has 0 fully saturated rings. The summed E-state index contributed by atoms with van der Waals surface area (Å²) in [5.74, 6) is 0. The Morgan fingerprint density at radius 2 is 0.545 bits per heavy atom. The first-order valence-electron chi connectivity index (χ1n) is 19.0. The second-order valence-electron chi connectivity index (χ2n) is 14.6. The van der Waals surface area contributed by atoms with Gasteiger partial charge in [-0.15, -0.1) is 0 Å². The van der Waals surface area contributed by atoms with E-state index in [9.17, 15) is 0 Å². The van der Waals surface area contributed by atoms with Crippen LogP contribution in [0.3, 0.4) is 0 Å². The van der Waals surface area contributed by atoms with E-state index in [2.05, 4.69) is 217 Å². The molecule has 0 radical (unpaired) electrons. The maximum Gasteiger partial charge on any atom is 0.0620 e. The number of fused-ring (bicyclic) bond motifs is 6. The fourth-order valence-corrected chi connectivity index (χ4v) is 8.62. The molecule has 0 aliphatic carbocycles. The highest BCUT2D eigenvalue weighted by Crippen LogP contribution is 2.43. The van der Waals surface area contributed by atoms with Crippen LogP contribution in [0.25, 0.3) is 105 Å². The fourth-order valence-electron chi connectivity index (χ4n) is 8.62. The molecule has 2 aromatic heterocycles. The van der Waals surface area contributed by atoms with Crippen molar-refractivity contribution < 1.29 is 0 Å². The molecule has 55 heavy (non-hydrogen) atoms. The van der Waals surface area contributed by atoms with Crippen LogP contribution in [0, 0.1) is 0 Å². The summed E-state index contributed by atoms with van der Waals surface area (Å²) in [6, 6.07) is 77.7. The zero-order valence-electron chi connectivity index (χ0n) is 30.2. The lowest BCUT2D eigenvalue weighted by Gasteiger charge is -2.10. The molecule has 0 saturated carbocycles. The van der Waals surface area contributed by atoms with Crippen LogP contribution < -0.4 is 0 Å². The van der Waals surface area contributed by atoms with Gasteiger partial charge in [0.15, 0.2) is 0 Å². The largest absolute Gasteiger partial charge is 0.308 e. The Labute approximate surface area is 320 Å². The van der Waals surface area contributed by atoms with Crippen molar-refractivity contribution in [3.63, 3.8) is 0 Å². The summed E-state index contributed by atoms with van der Waals surface area (Å²) >= 11 is 0. The summed E-state index contributed by atoms with van der Waals surface area (Å²) in [6.07, 6.45) is 0. The molecule has 0 aliphatic rings. The molecule has 11 rings (SSSR count).